The number of amides is 2. The summed E-state index contributed by atoms with van der Waals surface area (Å²) in [6.45, 7) is 2.92. The second kappa shape index (κ2) is 6.27. The van der Waals surface area contributed by atoms with Crippen molar-refractivity contribution >= 4 is 22.7 Å². The van der Waals surface area contributed by atoms with E-state index >= 15 is 0 Å². The summed E-state index contributed by atoms with van der Waals surface area (Å²) in [6, 6.07) is 9.31. The Balaban J connectivity index is 1.64. The highest BCUT2D eigenvalue weighted by atomic mass is 16.2. The Hall–Kier alpha value is -2.63. The average molecular weight is 353 g/mol. The normalized spacial score (nSPS) is 22.8. The quantitative estimate of drug-likeness (QED) is 0.820. The lowest BCUT2D eigenvalue weighted by molar-refractivity contribution is -0.138. The van der Waals surface area contributed by atoms with Crippen LogP contribution in [-0.2, 0) is 16.1 Å². The molecule has 4 heterocycles. The fraction of sp³-hybridized carbons (Fsp3) is 0.450. The number of pyridine rings is 1. The molecule has 2 atom stereocenters. The minimum Gasteiger partial charge on any atom is -0.341 e. The molecule has 0 unspecified atom stereocenters. The zero-order chi connectivity index (χ0) is 18.4. The van der Waals surface area contributed by atoms with Crippen molar-refractivity contribution in [3.8, 4) is 0 Å². The van der Waals surface area contributed by atoms with E-state index in [-0.39, 0.29) is 35.9 Å². The number of carbonyl (C=O) groups excluding carboxylic acids is 2. The lowest BCUT2D eigenvalue weighted by Gasteiger charge is -2.32. The van der Waals surface area contributed by atoms with Crippen molar-refractivity contribution in [2.24, 2.45) is 5.92 Å². The molecule has 6 nitrogen and oxygen atoms in total. The third kappa shape index (κ3) is 2.69. The van der Waals surface area contributed by atoms with Gasteiger partial charge in [0.1, 0.15) is 6.54 Å². The maximum absolute atomic E-state index is 13.0. The summed E-state index contributed by atoms with van der Waals surface area (Å²) < 4.78 is 1.54. The molecule has 2 bridgehead atoms. The summed E-state index contributed by atoms with van der Waals surface area (Å²) in [5, 5.41) is 0.978. The predicted octanol–water partition coefficient (Wildman–Crippen LogP) is 1.39. The van der Waals surface area contributed by atoms with Gasteiger partial charge in [0, 0.05) is 37.6 Å². The molecule has 3 aliphatic heterocycles. The molecule has 0 radical (unpaired) electrons. The fourth-order valence-corrected chi connectivity index (χ4v) is 4.26. The number of hydrogen-bond acceptors (Lipinski definition) is 3. The monoisotopic (exact) mass is 353 g/mol. The van der Waals surface area contributed by atoms with Gasteiger partial charge in [0.05, 0.1) is 11.4 Å². The Kier molecular flexibility index (Phi) is 4.05. The molecular weight excluding hydrogens is 330 g/mol. The number of carbonyl (C=O) groups is 2. The number of likely N-dealkylation sites (N-methyl/N-ethyl adjacent to an activating group) is 1. The van der Waals surface area contributed by atoms with Crippen LogP contribution in [-0.4, -0.2) is 52.4 Å². The van der Waals surface area contributed by atoms with E-state index in [1.54, 1.807) is 20.4 Å². The highest BCUT2D eigenvalue weighted by Crippen LogP contribution is 2.28. The molecule has 2 amide bonds. The van der Waals surface area contributed by atoms with Gasteiger partial charge < -0.3 is 9.80 Å². The third-order valence-electron chi connectivity index (χ3n) is 5.84. The van der Waals surface area contributed by atoms with Crippen LogP contribution in [0, 0.1) is 12.8 Å². The van der Waals surface area contributed by atoms with Gasteiger partial charge in [-0.3, -0.25) is 19.0 Å². The van der Waals surface area contributed by atoms with E-state index < -0.39 is 0 Å². The van der Waals surface area contributed by atoms with Crippen molar-refractivity contribution in [3.05, 3.63) is 46.2 Å². The van der Waals surface area contributed by atoms with E-state index in [1.807, 2.05) is 38.2 Å². The highest BCUT2D eigenvalue weighted by Gasteiger charge is 2.40. The van der Waals surface area contributed by atoms with Crippen LogP contribution in [0.25, 0.3) is 10.9 Å². The Morgan fingerprint density at radius 2 is 1.92 bits per heavy atom. The molecule has 1 aromatic carbocycles. The number of benzene rings is 1. The largest absolute Gasteiger partial charge is 0.341 e. The molecule has 5 rings (SSSR count). The van der Waals surface area contributed by atoms with E-state index in [0.29, 0.717) is 13.1 Å². The van der Waals surface area contributed by atoms with Crippen molar-refractivity contribution in [3.63, 3.8) is 0 Å². The van der Waals surface area contributed by atoms with Gasteiger partial charge in [-0.15, -0.1) is 0 Å². The third-order valence-corrected chi connectivity index (χ3v) is 5.84. The van der Waals surface area contributed by atoms with E-state index in [4.69, 9.17) is 0 Å². The first-order valence-corrected chi connectivity index (χ1v) is 9.09. The van der Waals surface area contributed by atoms with Crippen molar-refractivity contribution in [1.82, 2.24) is 14.4 Å². The molecule has 3 aliphatic rings. The second-order valence-corrected chi connectivity index (χ2v) is 7.44. The number of aromatic nitrogens is 1. The van der Waals surface area contributed by atoms with Gasteiger partial charge in [-0.1, -0.05) is 18.2 Å². The molecular formula is C20H23N3O3. The summed E-state index contributed by atoms with van der Waals surface area (Å²) in [6.07, 6.45) is 1.77. The average Bonchev–Trinajstić information content (AvgIpc) is 2.92. The topological polar surface area (TPSA) is 62.6 Å². The van der Waals surface area contributed by atoms with Gasteiger partial charge in [0.25, 0.3) is 5.56 Å². The standard InChI is InChI=1S/C20H23N3O3/c1-13-9-18(24)23(17-6-4-3-5-16(13)17)12-19(25)22-10-14-7-8-15(11-22)21(2)20(14)26/h3-6,9,14-15H,7-8,10-12H2,1-2H3/t14-,15+/m0/s1. The predicted molar refractivity (Wildman–Crippen MR) is 98.8 cm³/mol. The van der Waals surface area contributed by atoms with Crippen molar-refractivity contribution in [2.75, 3.05) is 20.1 Å². The van der Waals surface area contributed by atoms with Gasteiger partial charge >= 0.3 is 0 Å². The summed E-state index contributed by atoms with van der Waals surface area (Å²) >= 11 is 0. The van der Waals surface area contributed by atoms with E-state index in [2.05, 4.69) is 0 Å². The number of fused-ring (bicyclic) bond motifs is 5. The van der Waals surface area contributed by atoms with Gasteiger partial charge in [0.2, 0.25) is 11.8 Å². The summed E-state index contributed by atoms with van der Waals surface area (Å²) in [7, 11) is 1.82. The molecule has 6 heteroatoms. The first-order chi connectivity index (χ1) is 12.5. The number of aryl methyl sites for hydroxylation is 1. The van der Waals surface area contributed by atoms with Crippen LogP contribution < -0.4 is 5.56 Å². The number of piperidine rings is 1. The molecule has 3 fully saturated rings. The van der Waals surface area contributed by atoms with E-state index in [0.717, 1.165) is 29.3 Å². The van der Waals surface area contributed by atoms with Crippen LogP contribution in [0.5, 0.6) is 0 Å². The van der Waals surface area contributed by atoms with Crippen LogP contribution in [0.2, 0.25) is 0 Å². The van der Waals surface area contributed by atoms with Gasteiger partial charge in [-0.2, -0.15) is 0 Å². The SMILES string of the molecule is Cc1cc(=O)n(CC(=O)N2C[C@@H]3CC[C@H](C2)N(C)C3=O)c2ccccc12. The smallest absolute Gasteiger partial charge is 0.251 e. The highest BCUT2D eigenvalue weighted by molar-refractivity contribution is 5.85. The zero-order valence-electron chi connectivity index (χ0n) is 15.1. The summed E-state index contributed by atoms with van der Waals surface area (Å²) in [5.41, 5.74) is 1.52. The van der Waals surface area contributed by atoms with Crippen LogP contribution >= 0.6 is 0 Å². The molecule has 136 valence electrons. The lowest BCUT2D eigenvalue weighted by atomic mass is 9.95. The summed E-state index contributed by atoms with van der Waals surface area (Å²) in [4.78, 5) is 41.4. The zero-order valence-corrected chi connectivity index (χ0v) is 15.1. The van der Waals surface area contributed by atoms with Crippen LogP contribution in [0.1, 0.15) is 18.4 Å². The van der Waals surface area contributed by atoms with E-state index in [9.17, 15) is 14.4 Å². The first kappa shape index (κ1) is 16.8. The molecule has 0 saturated carbocycles. The maximum Gasteiger partial charge on any atom is 0.251 e. The molecule has 3 saturated heterocycles. The Morgan fingerprint density at radius 1 is 1.15 bits per heavy atom. The fourth-order valence-electron chi connectivity index (χ4n) is 4.26. The molecule has 1 aromatic heterocycles. The molecule has 0 aliphatic carbocycles. The Bertz CT molecular complexity index is 949. The Morgan fingerprint density at radius 3 is 2.73 bits per heavy atom. The Labute approximate surface area is 152 Å². The molecule has 0 N–H and O–H groups in total. The van der Waals surface area contributed by atoms with Crippen molar-refractivity contribution in [1.29, 1.82) is 0 Å². The van der Waals surface area contributed by atoms with Gasteiger partial charge in [0.15, 0.2) is 0 Å². The number of para-hydroxylation sites is 1. The number of nitrogens with zero attached hydrogens (tertiary/aromatic N) is 3. The molecule has 0 spiro atoms. The molecule has 26 heavy (non-hydrogen) atoms. The van der Waals surface area contributed by atoms with Crippen LogP contribution in [0.4, 0.5) is 0 Å². The van der Waals surface area contributed by atoms with Crippen molar-refractivity contribution in [2.45, 2.75) is 32.4 Å². The van der Waals surface area contributed by atoms with Gasteiger partial charge in [-0.05, 0) is 31.4 Å². The number of hydrogen-bond donors (Lipinski definition) is 0. The van der Waals surface area contributed by atoms with Crippen LogP contribution in [0.15, 0.2) is 35.1 Å². The van der Waals surface area contributed by atoms with Crippen LogP contribution in [0.3, 0.4) is 0 Å². The minimum absolute atomic E-state index is 0.0109. The number of rotatable bonds is 2. The molecule has 2 aromatic rings. The van der Waals surface area contributed by atoms with E-state index in [1.165, 1.54) is 0 Å². The lowest BCUT2D eigenvalue weighted by Crippen LogP contribution is -2.45. The minimum atomic E-state index is -0.166. The summed E-state index contributed by atoms with van der Waals surface area (Å²) in [5.74, 6) is -0.0789. The first-order valence-electron chi connectivity index (χ1n) is 9.09. The van der Waals surface area contributed by atoms with Gasteiger partial charge in [-0.25, -0.2) is 0 Å². The second-order valence-electron chi connectivity index (χ2n) is 7.44. The van der Waals surface area contributed by atoms with Crippen molar-refractivity contribution < 1.29 is 9.59 Å². The maximum atomic E-state index is 13.0.